The molecule has 136 valence electrons. The van der Waals surface area contributed by atoms with E-state index in [0.717, 1.165) is 22.9 Å². The Morgan fingerprint density at radius 3 is 2.44 bits per heavy atom. The molecule has 2 aromatic rings. The van der Waals surface area contributed by atoms with E-state index in [2.05, 4.69) is 5.43 Å². The van der Waals surface area contributed by atoms with E-state index in [0.29, 0.717) is 5.01 Å². The summed E-state index contributed by atoms with van der Waals surface area (Å²) < 4.78 is 0. The first-order chi connectivity index (χ1) is 13.0. The highest BCUT2D eigenvalue weighted by atomic mass is 32.2. The number of benzene rings is 2. The molecule has 0 unspecified atom stereocenters. The van der Waals surface area contributed by atoms with E-state index in [9.17, 15) is 19.5 Å². The average molecular weight is 380 g/mol. The third kappa shape index (κ3) is 4.27. The lowest BCUT2D eigenvalue weighted by Gasteiger charge is -2.14. The van der Waals surface area contributed by atoms with Gasteiger partial charge in [-0.2, -0.15) is 5.01 Å². The maximum atomic E-state index is 12.5. The van der Waals surface area contributed by atoms with Crippen LogP contribution in [0.5, 0.6) is 5.75 Å². The fourth-order valence-corrected chi connectivity index (χ4v) is 3.28. The monoisotopic (exact) mass is 380 g/mol. The Morgan fingerprint density at radius 1 is 1.07 bits per heavy atom. The Labute approximate surface area is 160 Å². The molecule has 2 N–H and O–H groups in total. The molecule has 2 aromatic carbocycles. The highest BCUT2D eigenvalue weighted by Gasteiger charge is 2.37. The molecular weight excluding hydrogens is 364 g/mol. The maximum absolute atomic E-state index is 12.5. The first kappa shape index (κ1) is 18.5. The first-order valence-corrected chi connectivity index (χ1v) is 8.87. The zero-order valence-electron chi connectivity index (χ0n) is 14.4. The number of thioether (sulfide) groups is 1. The van der Waals surface area contributed by atoms with Crippen molar-refractivity contribution in [3.63, 3.8) is 0 Å². The second-order valence-corrected chi connectivity index (χ2v) is 6.77. The third-order valence-corrected chi connectivity index (χ3v) is 4.58. The number of imide groups is 1. The molecule has 1 aliphatic rings. The van der Waals surface area contributed by atoms with Gasteiger partial charge in [0.1, 0.15) is 5.75 Å². The van der Waals surface area contributed by atoms with Crippen LogP contribution in [0.2, 0.25) is 0 Å². The van der Waals surface area contributed by atoms with Gasteiger partial charge >= 0.3 is 5.24 Å². The quantitative estimate of drug-likeness (QED) is 0.790. The summed E-state index contributed by atoms with van der Waals surface area (Å²) in [5, 5.41) is 9.77. The van der Waals surface area contributed by atoms with Gasteiger partial charge in [-0.05, 0) is 48.0 Å². The van der Waals surface area contributed by atoms with Gasteiger partial charge in [-0.25, -0.2) is 0 Å². The maximum Gasteiger partial charge on any atom is 0.312 e. The molecule has 0 radical (unpaired) electrons. The molecule has 1 heterocycles. The molecule has 1 fully saturated rings. The highest BCUT2D eigenvalue weighted by Crippen LogP contribution is 2.31. The molecule has 0 atom stereocenters. The summed E-state index contributed by atoms with van der Waals surface area (Å²) in [5.41, 5.74) is 3.98. The number of aromatic hydroxyl groups is 1. The lowest BCUT2D eigenvalue weighted by Crippen LogP contribution is -2.44. The van der Waals surface area contributed by atoms with Crippen molar-refractivity contribution in [2.45, 2.75) is 6.92 Å². The number of hydrazine groups is 1. The highest BCUT2D eigenvalue weighted by molar-refractivity contribution is 8.18. The third-order valence-electron chi connectivity index (χ3n) is 3.71. The zero-order valence-corrected chi connectivity index (χ0v) is 15.2. The van der Waals surface area contributed by atoms with Crippen LogP contribution in [0.4, 0.5) is 4.79 Å². The van der Waals surface area contributed by atoms with E-state index in [4.69, 9.17) is 0 Å². The Balaban J connectivity index is 1.76. The van der Waals surface area contributed by atoms with E-state index in [1.807, 2.05) is 43.3 Å². The van der Waals surface area contributed by atoms with Crippen molar-refractivity contribution in [2.24, 2.45) is 0 Å². The molecule has 0 saturated carbocycles. The standard InChI is InChI=1S/C20H16N2O4S/c1-13(11-14-7-3-2-4-8-14)12-17-19(25)22(20(26)27-17)21-18(24)15-9-5-6-10-16(15)23/h2-12,23H,1H3,(H,21,24). The number of allylic oxidation sites excluding steroid dienone is 2. The number of hydrogen-bond acceptors (Lipinski definition) is 5. The smallest absolute Gasteiger partial charge is 0.312 e. The van der Waals surface area contributed by atoms with Crippen LogP contribution in [0.25, 0.3) is 6.08 Å². The Hall–Kier alpha value is -3.32. The SMILES string of the molecule is CC(=Cc1ccccc1)C=C1SC(=O)N(NC(=O)c2ccccc2O)C1=O. The average Bonchev–Trinajstić information content (AvgIpc) is 2.90. The fraction of sp³-hybridized carbons (Fsp3) is 0.0500. The Kier molecular flexibility index (Phi) is 5.42. The van der Waals surface area contributed by atoms with E-state index in [-0.39, 0.29) is 16.2 Å². The number of rotatable bonds is 4. The molecule has 0 aliphatic carbocycles. The molecule has 0 spiro atoms. The molecule has 3 rings (SSSR count). The van der Waals surface area contributed by atoms with E-state index in [1.54, 1.807) is 18.2 Å². The van der Waals surface area contributed by atoms with Crippen LogP contribution in [0.15, 0.2) is 71.2 Å². The number of para-hydroxylation sites is 1. The number of carbonyl (C=O) groups excluding carboxylic acids is 3. The van der Waals surface area contributed by atoms with Crippen molar-refractivity contribution in [2.75, 3.05) is 0 Å². The van der Waals surface area contributed by atoms with Gasteiger partial charge in [-0.1, -0.05) is 48.5 Å². The summed E-state index contributed by atoms with van der Waals surface area (Å²) in [7, 11) is 0. The predicted molar refractivity (Wildman–Crippen MR) is 104 cm³/mol. The summed E-state index contributed by atoms with van der Waals surface area (Å²) in [5.74, 6) is -1.60. The summed E-state index contributed by atoms with van der Waals surface area (Å²) in [6, 6.07) is 15.4. The van der Waals surface area contributed by atoms with Gasteiger partial charge in [0.2, 0.25) is 0 Å². The van der Waals surface area contributed by atoms with Crippen molar-refractivity contribution in [3.05, 3.63) is 82.3 Å². The molecule has 3 amide bonds. The number of nitrogens with one attached hydrogen (secondary N) is 1. The van der Waals surface area contributed by atoms with Gasteiger partial charge in [0, 0.05) is 0 Å². The van der Waals surface area contributed by atoms with E-state index >= 15 is 0 Å². The van der Waals surface area contributed by atoms with E-state index < -0.39 is 17.1 Å². The molecule has 1 saturated heterocycles. The van der Waals surface area contributed by atoms with E-state index in [1.165, 1.54) is 12.1 Å². The topological polar surface area (TPSA) is 86.7 Å². The molecule has 1 aliphatic heterocycles. The second kappa shape index (κ2) is 7.92. The summed E-state index contributed by atoms with van der Waals surface area (Å²) in [4.78, 5) is 37.0. The number of carbonyl (C=O) groups is 3. The van der Waals surface area contributed by atoms with Crippen LogP contribution in [0, 0.1) is 0 Å². The van der Waals surface area contributed by atoms with Crippen molar-refractivity contribution >= 4 is 34.9 Å². The van der Waals surface area contributed by atoms with Crippen LogP contribution in [0.1, 0.15) is 22.8 Å². The lowest BCUT2D eigenvalue weighted by atomic mass is 10.1. The normalized spacial score (nSPS) is 16.1. The summed E-state index contributed by atoms with van der Waals surface area (Å²) >= 11 is 0.743. The minimum absolute atomic E-state index is 0.0271. The molecular formula is C20H16N2O4S. The minimum atomic E-state index is -0.742. The lowest BCUT2D eigenvalue weighted by molar-refractivity contribution is -0.124. The van der Waals surface area contributed by atoms with Crippen molar-refractivity contribution in [1.29, 1.82) is 0 Å². The van der Waals surface area contributed by atoms with Crippen molar-refractivity contribution in [1.82, 2.24) is 10.4 Å². The van der Waals surface area contributed by atoms with Gasteiger partial charge in [0.25, 0.3) is 11.8 Å². The van der Waals surface area contributed by atoms with Crippen LogP contribution < -0.4 is 5.43 Å². The minimum Gasteiger partial charge on any atom is -0.507 e. The fourth-order valence-electron chi connectivity index (χ4n) is 2.45. The number of hydrogen-bond donors (Lipinski definition) is 2. The molecule has 6 nitrogen and oxygen atoms in total. The number of phenolic OH excluding ortho intramolecular Hbond substituents is 1. The molecule has 27 heavy (non-hydrogen) atoms. The molecule has 0 aromatic heterocycles. The predicted octanol–water partition coefficient (Wildman–Crippen LogP) is 3.72. The zero-order chi connectivity index (χ0) is 19.4. The first-order valence-electron chi connectivity index (χ1n) is 8.06. The van der Waals surface area contributed by atoms with Gasteiger partial charge in [-0.3, -0.25) is 19.8 Å². The van der Waals surface area contributed by atoms with Crippen LogP contribution in [-0.4, -0.2) is 27.2 Å². The van der Waals surface area contributed by atoms with Gasteiger partial charge < -0.3 is 5.11 Å². The molecule has 7 heteroatoms. The van der Waals surface area contributed by atoms with Gasteiger partial charge in [0.15, 0.2) is 0 Å². The largest absolute Gasteiger partial charge is 0.507 e. The Morgan fingerprint density at radius 2 is 1.74 bits per heavy atom. The number of nitrogens with zero attached hydrogens (tertiary/aromatic N) is 1. The Bertz CT molecular complexity index is 967. The van der Waals surface area contributed by atoms with Gasteiger partial charge in [-0.15, -0.1) is 0 Å². The van der Waals surface area contributed by atoms with Gasteiger partial charge in [0.05, 0.1) is 10.5 Å². The second-order valence-electron chi connectivity index (χ2n) is 5.77. The van der Waals surface area contributed by atoms with Crippen LogP contribution in [-0.2, 0) is 4.79 Å². The van der Waals surface area contributed by atoms with Crippen molar-refractivity contribution < 1.29 is 19.5 Å². The van der Waals surface area contributed by atoms with Crippen LogP contribution >= 0.6 is 11.8 Å². The summed E-state index contributed by atoms with van der Waals surface area (Å²) in [6.45, 7) is 1.82. The van der Waals surface area contributed by atoms with Crippen molar-refractivity contribution in [3.8, 4) is 5.75 Å². The number of phenols is 1. The van der Waals surface area contributed by atoms with Crippen LogP contribution in [0.3, 0.4) is 0 Å². The summed E-state index contributed by atoms with van der Waals surface area (Å²) in [6.07, 6.45) is 3.48. The molecule has 0 bridgehead atoms. The number of amides is 3.